The number of methoxy groups -OCH3 is 1. The number of carbonyl (C=O) groups excluding carboxylic acids is 1. The molecule has 4 N–H and O–H groups in total. The number of hydrogen-bond donors (Lipinski definition) is 3. The quantitative estimate of drug-likeness (QED) is 0.195. The molecule has 2 atom stereocenters. The van der Waals surface area contributed by atoms with Gasteiger partial charge in [0.1, 0.15) is 0 Å². The van der Waals surface area contributed by atoms with Crippen molar-refractivity contribution in [1.82, 2.24) is 5.32 Å². The van der Waals surface area contributed by atoms with Gasteiger partial charge in [0.2, 0.25) is 5.91 Å². The molecule has 0 aromatic rings. The van der Waals surface area contributed by atoms with Crippen molar-refractivity contribution in [2.45, 2.75) is 18.6 Å². The molecule has 154 valence electrons. The molecule has 0 radical (unpaired) electrons. The number of hydrogen-bond acceptors (Lipinski definition) is 8. The highest BCUT2D eigenvalue weighted by Crippen LogP contribution is 2.00. The monoisotopic (exact) mass is 378 g/mol. The van der Waals surface area contributed by atoms with Crippen LogP contribution in [0.3, 0.4) is 0 Å². The van der Waals surface area contributed by atoms with Crippen molar-refractivity contribution in [2.75, 3.05) is 73.1 Å². The van der Waals surface area contributed by atoms with Crippen LogP contribution in [0.25, 0.3) is 0 Å². The zero-order valence-corrected chi connectivity index (χ0v) is 15.7. The molecule has 0 aliphatic carbocycles. The molecule has 0 saturated heterocycles. The number of nitrogens with two attached hydrogens (primary N) is 1. The van der Waals surface area contributed by atoms with Gasteiger partial charge in [0, 0.05) is 20.1 Å². The van der Waals surface area contributed by atoms with Crippen LogP contribution < -0.4 is 11.1 Å². The number of amides is 1. The Bertz CT molecular complexity index is 345. The van der Waals surface area contributed by atoms with Crippen LogP contribution in [0.5, 0.6) is 0 Å². The predicted molar refractivity (Wildman–Crippen MR) is 97.0 cm³/mol. The van der Waals surface area contributed by atoms with Crippen LogP contribution in [0.2, 0.25) is 0 Å². The lowest BCUT2D eigenvalue weighted by Gasteiger charge is -2.22. The highest BCUT2D eigenvalue weighted by molar-refractivity contribution is 5.76. The number of aliphatic hydroxyl groups is 1. The Kier molecular flexibility index (Phi) is 17.9. The number of rotatable bonds is 19. The second-order valence-electron chi connectivity index (χ2n) is 5.28. The molecule has 0 aromatic heterocycles. The molecule has 0 aliphatic rings. The predicted octanol–water partition coefficient (Wildman–Crippen LogP) is -0.920. The van der Waals surface area contributed by atoms with E-state index in [1.165, 1.54) is 13.2 Å². The molecule has 0 rings (SSSR count). The smallest absolute Gasteiger partial charge is 0.222 e. The lowest BCUT2D eigenvalue weighted by atomic mass is 10.1. The van der Waals surface area contributed by atoms with Gasteiger partial charge in [-0.15, -0.1) is 6.58 Å². The summed E-state index contributed by atoms with van der Waals surface area (Å²) in [5, 5.41) is 12.0. The fourth-order valence-corrected chi connectivity index (χ4v) is 1.95. The molecule has 0 saturated carbocycles. The Hall–Kier alpha value is -1.07. The van der Waals surface area contributed by atoms with Crippen LogP contribution in [-0.2, 0) is 28.5 Å². The maximum atomic E-state index is 11.8. The zero-order chi connectivity index (χ0) is 19.5. The van der Waals surface area contributed by atoms with Gasteiger partial charge >= 0.3 is 0 Å². The van der Waals surface area contributed by atoms with E-state index in [0.29, 0.717) is 52.8 Å². The van der Waals surface area contributed by atoms with E-state index < -0.39 is 12.1 Å². The fraction of sp³-hybridized carbons (Fsp3) is 0.824. The van der Waals surface area contributed by atoms with E-state index in [2.05, 4.69) is 11.9 Å². The van der Waals surface area contributed by atoms with E-state index in [-0.39, 0.29) is 25.5 Å². The minimum Gasteiger partial charge on any atom is -0.394 e. The van der Waals surface area contributed by atoms with Crippen molar-refractivity contribution >= 4 is 5.91 Å². The maximum Gasteiger partial charge on any atom is 0.222 e. The van der Waals surface area contributed by atoms with Crippen LogP contribution >= 0.6 is 0 Å². The summed E-state index contributed by atoms with van der Waals surface area (Å²) in [5.74, 6) is -0.223. The van der Waals surface area contributed by atoms with E-state index in [1.807, 2.05) is 0 Å². The highest BCUT2D eigenvalue weighted by atomic mass is 16.6. The number of ether oxygens (including phenoxy) is 5. The molecule has 1 amide bonds. The third-order valence-corrected chi connectivity index (χ3v) is 3.30. The van der Waals surface area contributed by atoms with Crippen LogP contribution in [0, 0.1) is 0 Å². The van der Waals surface area contributed by atoms with Gasteiger partial charge in [0.25, 0.3) is 0 Å². The van der Waals surface area contributed by atoms with E-state index in [9.17, 15) is 9.90 Å². The van der Waals surface area contributed by atoms with Crippen molar-refractivity contribution in [3.63, 3.8) is 0 Å². The first-order valence-corrected chi connectivity index (χ1v) is 8.76. The summed E-state index contributed by atoms with van der Waals surface area (Å²) >= 11 is 0. The van der Waals surface area contributed by atoms with Gasteiger partial charge in [0.15, 0.2) is 0 Å². The number of nitrogens with one attached hydrogen (secondary N) is 1. The summed E-state index contributed by atoms with van der Waals surface area (Å²) in [4.78, 5) is 11.8. The van der Waals surface area contributed by atoms with Gasteiger partial charge in [-0.3, -0.25) is 4.79 Å². The van der Waals surface area contributed by atoms with E-state index in [0.717, 1.165) is 0 Å². The fourth-order valence-electron chi connectivity index (χ4n) is 1.95. The molecule has 9 nitrogen and oxygen atoms in total. The maximum absolute atomic E-state index is 11.8. The summed E-state index contributed by atoms with van der Waals surface area (Å²) in [6.45, 7) is 7.51. The second-order valence-corrected chi connectivity index (χ2v) is 5.28. The third-order valence-electron chi connectivity index (χ3n) is 3.30. The van der Waals surface area contributed by atoms with Gasteiger partial charge in [-0.1, -0.05) is 6.08 Å². The van der Waals surface area contributed by atoms with Crippen molar-refractivity contribution in [2.24, 2.45) is 5.73 Å². The lowest BCUT2D eigenvalue weighted by Crippen LogP contribution is -2.46. The molecule has 0 unspecified atom stereocenters. The number of carbonyl (C=O) groups is 1. The molecular weight excluding hydrogens is 344 g/mol. The Morgan fingerprint density at radius 1 is 1.04 bits per heavy atom. The Balaban J connectivity index is 3.46. The molecular formula is C17H34N2O7. The van der Waals surface area contributed by atoms with Crippen molar-refractivity contribution < 1.29 is 33.6 Å². The molecule has 0 fully saturated rings. The SMILES string of the molecule is C=C[C@@H](OC)[C@H](CO)NC(=O)CCOCCOCCOCCOCCN. The minimum absolute atomic E-state index is 0.190. The first kappa shape index (κ1) is 24.9. The van der Waals surface area contributed by atoms with E-state index in [4.69, 9.17) is 29.4 Å². The standard InChI is InChI=1S/C17H34N2O7/c1-3-16(22-2)15(14-20)19-17(21)4-6-23-8-10-25-12-13-26-11-9-24-7-5-18/h3,15-16,20H,1,4-14,18H2,2H3,(H,19,21)/t15-,16+/m0/s1. The average molecular weight is 378 g/mol. The van der Waals surface area contributed by atoms with Gasteiger partial charge in [0.05, 0.1) is 71.6 Å². The Morgan fingerprint density at radius 3 is 1.96 bits per heavy atom. The molecule has 0 heterocycles. The topological polar surface area (TPSA) is 122 Å². The molecule has 0 spiro atoms. The largest absolute Gasteiger partial charge is 0.394 e. The summed E-state index contributed by atoms with van der Waals surface area (Å²) in [6, 6.07) is -0.519. The summed E-state index contributed by atoms with van der Waals surface area (Å²) in [6.07, 6.45) is 1.29. The minimum atomic E-state index is -0.519. The van der Waals surface area contributed by atoms with Gasteiger partial charge in [-0.25, -0.2) is 0 Å². The zero-order valence-electron chi connectivity index (χ0n) is 15.7. The molecule has 9 heteroatoms. The van der Waals surface area contributed by atoms with Gasteiger partial charge < -0.3 is 39.8 Å². The van der Waals surface area contributed by atoms with Crippen LogP contribution in [0.4, 0.5) is 0 Å². The first-order valence-electron chi connectivity index (χ1n) is 8.76. The van der Waals surface area contributed by atoms with Crippen molar-refractivity contribution in [3.8, 4) is 0 Å². The van der Waals surface area contributed by atoms with Gasteiger partial charge in [-0.2, -0.15) is 0 Å². The first-order chi connectivity index (χ1) is 12.7. The van der Waals surface area contributed by atoms with Gasteiger partial charge in [-0.05, 0) is 0 Å². The summed E-state index contributed by atoms with van der Waals surface area (Å²) < 4.78 is 26.2. The molecule has 0 aromatic carbocycles. The molecule has 0 bridgehead atoms. The van der Waals surface area contributed by atoms with E-state index >= 15 is 0 Å². The van der Waals surface area contributed by atoms with Crippen LogP contribution in [-0.4, -0.2) is 96.3 Å². The third kappa shape index (κ3) is 14.1. The van der Waals surface area contributed by atoms with Crippen molar-refractivity contribution in [3.05, 3.63) is 12.7 Å². The Labute approximate surface area is 155 Å². The van der Waals surface area contributed by atoms with E-state index in [1.54, 1.807) is 0 Å². The average Bonchev–Trinajstić information content (AvgIpc) is 2.65. The highest BCUT2D eigenvalue weighted by Gasteiger charge is 2.19. The summed E-state index contributed by atoms with van der Waals surface area (Å²) in [5.41, 5.74) is 5.29. The van der Waals surface area contributed by atoms with Crippen LogP contribution in [0.1, 0.15) is 6.42 Å². The lowest BCUT2D eigenvalue weighted by molar-refractivity contribution is -0.124. The molecule has 26 heavy (non-hydrogen) atoms. The Morgan fingerprint density at radius 2 is 1.54 bits per heavy atom. The summed E-state index contributed by atoms with van der Waals surface area (Å²) in [7, 11) is 1.49. The van der Waals surface area contributed by atoms with Crippen molar-refractivity contribution in [1.29, 1.82) is 0 Å². The normalized spacial score (nSPS) is 13.3. The number of aliphatic hydroxyl groups excluding tert-OH is 1. The second kappa shape index (κ2) is 18.7. The molecule has 0 aliphatic heterocycles. The van der Waals surface area contributed by atoms with Crippen LogP contribution in [0.15, 0.2) is 12.7 Å².